The Morgan fingerprint density at radius 2 is 1.91 bits per heavy atom. The highest BCUT2D eigenvalue weighted by atomic mass is 35.5. The molecule has 2 aromatic carbocycles. The normalized spacial score (nSPS) is 11.1. The predicted molar refractivity (Wildman–Crippen MR) is 96.6 cm³/mol. The van der Waals surface area contributed by atoms with E-state index in [1.165, 1.54) is 16.7 Å². The highest BCUT2D eigenvalue weighted by molar-refractivity contribution is 6.33. The second-order valence-electron chi connectivity index (χ2n) is 5.74. The molecule has 0 saturated heterocycles. The van der Waals surface area contributed by atoms with E-state index >= 15 is 0 Å². The zero-order valence-corrected chi connectivity index (χ0v) is 14.5. The molecule has 0 amide bonds. The number of hydrogen-bond acceptors (Lipinski definition) is 1. The first kappa shape index (κ1) is 16.6. The lowest BCUT2D eigenvalue weighted by Gasteiger charge is -2.12. The molecular weight excluding hydrogens is 292 g/mol. The van der Waals surface area contributed by atoms with Crippen LogP contribution in [-0.4, -0.2) is 24.8 Å². The number of benzene rings is 2. The number of aryl methyl sites for hydroxylation is 2. The summed E-state index contributed by atoms with van der Waals surface area (Å²) in [6.45, 7) is 7.20. The summed E-state index contributed by atoms with van der Waals surface area (Å²) in [4.78, 5) is 6.55. The van der Waals surface area contributed by atoms with Gasteiger partial charge in [-0.1, -0.05) is 47.5 Å². The molecule has 0 fully saturated rings. The summed E-state index contributed by atoms with van der Waals surface area (Å²) in [6, 6.07) is 12.7. The third kappa shape index (κ3) is 4.35. The first-order chi connectivity index (χ1) is 10.5. The van der Waals surface area contributed by atoms with Gasteiger partial charge in [0.1, 0.15) is 0 Å². The maximum Gasteiger partial charge on any atom is 0.0910 e. The number of halogens is 1. The van der Waals surface area contributed by atoms with Crippen molar-refractivity contribution in [1.82, 2.24) is 4.90 Å². The molecule has 0 heterocycles. The summed E-state index contributed by atoms with van der Waals surface area (Å²) in [7, 11) is 2.00. The van der Waals surface area contributed by atoms with Crippen LogP contribution >= 0.6 is 11.6 Å². The van der Waals surface area contributed by atoms with Crippen LogP contribution in [0, 0.1) is 13.8 Å². The largest absolute Gasteiger partial charge is 0.366 e. The second kappa shape index (κ2) is 7.46. The van der Waals surface area contributed by atoms with Crippen LogP contribution in [-0.2, 0) is 6.42 Å². The Labute approximate surface area is 138 Å². The quantitative estimate of drug-likeness (QED) is 0.550. The van der Waals surface area contributed by atoms with Gasteiger partial charge in [0.2, 0.25) is 0 Å². The van der Waals surface area contributed by atoms with Crippen molar-refractivity contribution in [2.75, 3.05) is 13.6 Å². The highest BCUT2D eigenvalue weighted by Crippen LogP contribution is 2.31. The summed E-state index contributed by atoms with van der Waals surface area (Å²) < 4.78 is 0. The fourth-order valence-electron chi connectivity index (χ4n) is 2.33. The first-order valence-electron chi connectivity index (χ1n) is 7.58. The summed E-state index contributed by atoms with van der Waals surface area (Å²) in [5, 5.41) is 0.743. The van der Waals surface area contributed by atoms with Crippen LogP contribution in [0.15, 0.2) is 41.4 Å². The van der Waals surface area contributed by atoms with Crippen molar-refractivity contribution >= 4 is 23.6 Å². The van der Waals surface area contributed by atoms with Crippen molar-refractivity contribution in [3.05, 3.63) is 63.7 Å². The lowest BCUT2D eigenvalue weighted by Crippen LogP contribution is -2.14. The van der Waals surface area contributed by atoms with E-state index in [4.69, 9.17) is 11.6 Å². The molecule has 2 nitrogen and oxygen atoms in total. The minimum atomic E-state index is 0.743. The zero-order chi connectivity index (χ0) is 16.1. The standard InChI is InChI=1S/C19H23ClN2/c1-5-22(4)13-21-18-11-15(3)10-17(19(18)20)12-16-8-6-7-14(2)9-16/h6-11,13H,5,12H2,1-4H3/b21-13-. The number of nitrogens with zero attached hydrogens (tertiary/aromatic N) is 2. The summed E-state index contributed by atoms with van der Waals surface area (Å²) in [5.41, 5.74) is 5.68. The van der Waals surface area contributed by atoms with Crippen LogP contribution in [0.25, 0.3) is 0 Å². The van der Waals surface area contributed by atoms with Gasteiger partial charge in [-0.25, -0.2) is 4.99 Å². The molecule has 0 radical (unpaired) electrons. The molecule has 116 valence electrons. The molecule has 0 N–H and O–H groups in total. The SMILES string of the molecule is CCN(C)/C=N\c1cc(C)cc(Cc2cccc(C)c2)c1Cl. The zero-order valence-electron chi connectivity index (χ0n) is 13.7. The first-order valence-corrected chi connectivity index (χ1v) is 7.96. The van der Waals surface area contributed by atoms with E-state index in [0.717, 1.165) is 29.2 Å². The van der Waals surface area contributed by atoms with Gasteiger partial charge >= 0.3 is 0 Å². The van der Waals surface area contributed by atoms with E-state index in [-0.39, 0.29) is 0 Å². The van der Waals surface area contributed by atoms with Crippen LogP contribution in [0.5, 0.6) is 0 Å². The van der Waals surface area contributed by atoms with Gasteiger partial charge in [0, 0.05) is 13.6 Å². The van der Waals surface area contributed by atoms with E-state index < -0.39 is 0 Å². The number of hydrogen-bond donors (Lipinski definition) is 0. The summed E-state index contributed by atoms with van der Waals surface area (Å²) in [5.74, 6) is 0. The van der Waals surface area contributed by atoms with Crippen LogP contribution in [0.1, 0.15) is 29.2 Å². The van der Waals surface area contributed by atoms with Gasteiger partial charge in [-0.15, -0.1) is 0 Å². The molecule has 0 bridgehead atoms. The van der Waals surface area contributed by atoms with E-state index in [2.05, 4.69) is 56.1 Å². The smallest absolute Gasteiger partial charge is 0.0910 e. The molecule has 0 saturated carbocycles. The Morgan fingerprint density at radius 1 is 1.14 bits per heavy atom. The number of aliphatic imine (C=N–C) groups is 1. The van der Waals surface area contributed by atoms with Crippen LogP contribution in [0.3, 0.4) is 0 Å². The molecule has 22 heavy (non-hydrogen) atoms. The highest BCUT2D eigenvalue weighted by Gasteiger charge is 2.08. The molecule has 0 spiro atoms. The Hall–Kier alpha value is -1.80. The Morgan fingerprint density at radius 3 is 2.59 bits per heavy atom. The summed E-state index contributed by atoms with van der Waals surface area (Å²) in [6.07, 6.45) is 2.66. The molecule has 0 atom stereocenters. The van der Waals surface area contributed by atoms with Gasteiger partial charge in [-0.2, -0.15) is 0 Å². The van der Waals surface area contributed by atoms with Gasteiger partial charge in [0.25, 0.3) is 0 Å². The monoisotopic (exact) mass is 314 g/mol. The van der Waals surface area contributed by atoms with Gasteiger partial charge in [-0.05, 0) is 49.9 Å². The number of rotatable bonds is 5. The van der Waals surface area contributed by atoms with Crippen molar-refractivity contribution in [2.45, 2.75) is 27.2 Å². The fourth-order valence-corrected chi connectivity index (χ4v) is 2.56. The van der Waals surface area contributed by atoms with Crippen molar-refractivity contribution in [3.63, 3.8) is 0 Å². The molecular formula is C19H23ClN2. The van der Waals surface area contributed by atoms with E-state index in [9.17, 15) is 0 Å². The Bertz CT molecular complexity index is 677. The molecule has 0 aromatic heterocycles. The molecule has 0 aliphatic heterocycles. The molecule has 0 aliphatic carbocycles. The topological polar surface area (TPSA) is 15.6 Å². The van der Waals surface area contributed by atoms with Gasteiger partial charge in [0.15, 0.2) is 0 Å². The third-order valence-electron chi connectivity index (χ3n) is 3.64. The molecule has 0 unspecified atom stereocenters. The van der Waals surface area contributed by atoms with Crippen molar-refractivity contribution in [3.8, 4) is 0 Å². The van der Waals surface area contributed by atoms with Gasteiger partial charge < -0.3 is 4.90 Å². The Balaban J connectivity index is 2.32. The molecule has 0 aliphatic rings. The third-order valence-corrected chi connectivity index (χ3v) is 4.08. The molecule has 3 heteroatoms. The average molecular weight is 315 g/mol. The van der Waals surface area contributed by atoms with Crippen molar-refractivity contribution < 1.29 is 0 Å². The van der Waals surface area contributed by atoms with Crippen LogP contribution < -0.4 is 0 Å². The lowest BCUT2D eigenvalue weighted by molar-refractivity contribution is 0.552. The lowest BCUT2D eigenvalue weighted by atomic mass is 10.0. The molecule has 2 rings (SSSR count). The van der Waals surface area contributed by atoms with Crippen LogP contribution in [0.4, 0.5) is 5.69 Å². The minimum absolute atomic E-state index is 0.743. The molecule has 2 aromatic rings. The summed E-state index contributed by atoms with van der Waals surface area (Å²) >= 11 is 6.56. The second-order valence-corrected chi connectivity index (χ2v) is 6.12. The predicted octanol–water partition coefficient (Wildman–Crippen LogP) is 5.16. The average Bonchev–Trinajstić information content (AvgIpc) is 2.48. The van der Waals surface area contributed by atoms with Crippen molar-refractivity contribution in [2.24, 2.45) is 4.99 Å². The van der Waals surface area contributed by atoms with Gasteiger partial charge in [-0.3, -0.25) is 0 Å². The van der Waals surface area contributed by atoms with Gasteiger partial charge in [0.05, 0.1) is 17.0 Å². The van der Waals surface area contributed by atoms with Crippen LogP contribution in [0.2, 0.25) is 5.02 Å². The maximum atomic E-state index is 6.56. The van der Waals surface area contributed by atoms with Crippen molar-refractivity contribution in [1.29, 1.82) is 0 Å². The van der Waals surface area contributed by atoms with E-state index in [1.54, 1.807) is 0 Å². The maximum absolute atomic E-state index is 6.56. The van der Waals surface area contributed by atoms with E-state index in [0.29, 0.717) is 0 Å². The minimum Gasteiger partial charge on any atom is -0.366 e. The fraction of sp³-hybridized carbons (Fsp3) is 0.316. The van der Waals surface area contributed by atoms with E-state index in [1.807, 2.05) is 24.4 Å². The Kier molecular flexibility index (Phi) is 5.62.